The van der Waals surface area contributed by atoms with Crippen molar-refractivity contribution in [2.45, 2.75) is 12.2 Å². The van der Waals surface area contributed by atoms with Crippen LogP contribution in [0.3, 0.4) is 0 Å². The fourth-order valence-electron chi connectivity index (χ4n) is 1.08. The SMILES string of the molecule is COc1ccc(OC(=O)C(O)C(O)C(=O)O)cc1. The van der Waals surface area contributed by atoms with Crippen LogP contribution in [0.1, 0.15) is 0 Å². The molecule has 0 heterocycles. The van der Waals surface area contributed by atoms with Crippen molar-refractivity contribution in [2.24, 2.45) is 0 Å². The van der Waals surface area contributed by atoms with E-state index in [1.807, 2.05) is 0 Å². The Morgan fingerprint density at radius 1 is 1.06 bits per heavy atom. The summed E-state index contributed by atoms with van der Waals surface area (Å²) >= 11 is 0. The second-order valence-corrected chi connectivity index (χ2v) is 3.32. The predicted octanol–water partition coefficient (Wildman–Crippen LogP) is -0.593. The molecule has 0 aliphatic carbocycles. The predicted molar refractivity (Wildman–Crippen MR) is 58.3 cm³/mol. The largest absolute Gasteiger partial charge is 0.497 e. The van der Waals surface area contributed by atoms with Crippen molar-refractivity contribution in [1.29, 1.82) is 0 Å². The van der Waals surface area contributed by atoms with Crippen molar-refractivity contribution in [3.8, 4) is 11.5 Å². The van der Waals surface area contributed by atoms with Crippen molar-refractivity contribution in [1.82, 2.24) is 0 Å². The Bertz CT molecular complexity index is 426. The molecule has 1 aromatic carbocycles. The molecule has 0 fully saturated rings. The van der Waals surface area contributed by atoms with Crippen LogP contribution in [-0.4, -0.2) is 46.6 Å². The summed E-state index contributed by atoms with van der Waals surface area (Å²) < 4.78 is 9.56. The number of esters is 1. The van der Waals surface area contributed by atoms with Crippen LogP contribution in [0, 0.1) is 0 Å². The van der Waals surface area contributed by atoms with Gasteiger partial charge in [-0.3, -0.25) is 0 Å². The highest BCUT2D eigenvalue weighted by atomic mass is 16.6. The number of carbonyl (C=O) groups is 2. The van der Waals surface area contributed by atoms with Crippen molar-refractivity contribution < 1.29 is 34.4 Å². The van der Waals surface area contributed by atoms with Gasteiger partial charge in [-0.1, -0.05) is 0 Å². The number of hydrogen-bond acceptors (Lipinski definition) is 6. The van der Waals surface area contributed by atoms with Gasteiger partial charge < -0.3 is 24.8 Å². The fraction of sp³-hybridized carbons (Fsp3) is 0.273. The number of rotatable bonds is 5. The molecule has 0 saturated heterocycles. The molecule has 1 rings (SSSR count). The van der Waals surface area contributed by atoms with Gasteiger partial charge in [0.15, 0.2) is 12.2 Å². The molecule has 2 unspecified atom stereocenters. The number of ether oxygens (including phenoxy) is 2. The molecule has 0 aliphatic heterocycles. The highest BCUT2D eigenvalue weighted by Gasteiger charge is 2.31. The first-order chi connectivity index (χ1) is 8.45. The van der Waals surface area contributed by atoms with Crippen molar-refractivity contribution >= 4 is 11.9 Å². The third-order valence-electron chi connectivity index (χ3n) is 2.07. The maximum absolute atomic E-state index is 11.3. The number of aliphatic carboxylic acids is 1. The van der Waals surface area contributed by atoms with E-state index in [4.69, 9.17) is 14.9 Å². The second kappa shape index (κ2) is 5.99. The number of carbonyl (C=O) groups excluding carboxylic acids is 1. The molecular formula is C11H12O7. The van der Waals surface area contributed by atoms with Crippen LogP contribution in [0.2, 0.25) is 0 Å². The van der Waals surface area contributed by atoms with Gasteiger partial charge in [0.05, 0.1) is 7.11 Å². The molecule has 7 heteroatoms. The summed E-state index contributed by atoms with van der Waals surface area (Å²) in [7, 11) is 1.47. The van der Waals surface area contributed by atoms with Gasteiger partial charge >= 0.3 is 11.9 Å². The molecular weight excluding hydrogens is 244 g/mol. The molecule has 1 aromatic rings. The lowest BCUT2D eigenvalue weighted by Gasteiger charge is -2.13. The van der Waals surface area contributed by atoms with Gasteiger partial charge in [0.2, 0.25) is 0 Å². The first kappa shape index (κ1) is 13.9. The number of aliphatic hydroxyl groups excluding tert-OH is 2. The lowest BCUT2D eigenvalue weighted by Crippen LogP contribution is -2.41. The fourth-order valence-corrected chi connectivity index (χ4v) is 1.08. The van der Waals surface area contributed by atoms with Gasteiger partial charge in [-0.25, -0.2) is 9.59 Å². The Hall–Kier alpha value is -2.12. The maximum Gasteiger partial charge on any atom is 0.343 e. The Morgan fingerprint density at radius 2 is 1.56 bits per heavy atom. The van der Waals surface area contributed by atoms with Crippen LogP contribution in [0.4, 0.5) is 0 Å². The monoisotopic (exact) mass is 256 g/mol. The first-order valence-corrected chi connectivity index (χ1v) is 4.90. The first-order valence-electron chi connectivity index (χ1n) is 4.90. The highest BCUT2D eigenvalue weighted by molar-refractivity contribution is 5.85. The minimum Gasteiger partial charge on any atom is -0.497 e. The molecule has 2 atom stereocenters. The van der Waals surface area contributed by atoms with Crippen LogP contribution in [0.5, 0.6) is 11.5 Å². The number of hydrogen-bond donors (Lipinski definition) is 3. The number of carboxylic acid groups (broad SMARTS) is 1. The topological polar surface area (TPSA) is 113 Å². The zero-order chi connectivity index (χ0) is 13.7. The van der Waals surface area contributed by atoms with Gasteiger partial charge in [-0.05, 0) is 24.3 Å². The summed E-state index contributed by atoms with van der Waals surface area (Å²) in [5.74, 6) is -2.33. The van der Waals surface area contributed by atoms with Crippen LogP contribution < -0.4 is 9.47 Å². The lowest BCUT2D eigenvalue weighted by atomic mass is 10.2. The molecule has 0 aliphatic rings. The Morgan fingerprint density at radius 3 is 2.00 bits per heavy atom. The summed E-state index contributed by atoms with van der Waals surface area (Å²) in [6.45, 7) is 0. The summed E-state index contributed by atoms with van der Waals surface area (Å²) in [6.07, 6.45) is -4.37. The van der Waals surface area contributed by atoms with Crippen molar-refractivity contribution in [3.63, 3.8) is 0 Å². The minimum atomic E-state index is -2.23. The lowest BCUT2D eigenvalue weighted by molar-refractivity contribution is -0.164. The highest BCUT2D eigenvalue weighted by Crippen LogP contribution is 2.17. The number of aliphatic hydroxyl groups is 2. The average molecular weight is 256 g/mol. The third-order valence-corrected chi connectivity index (χ3v) is 2.07. The van der Waals surface area contributed by atoms with Crippen LogP contribution >= 0.6 is 0 Å². The number of benzene rings is 1. The van der Waals surface area contributed by atoms with E-state index in [0.717, 1.165) is 0 Å². The van der Waals surface area contributed by atoms with Crippen LogP contribution in [0.25, 0.3) is 0 Å². The van der Waals surface area contributed by atoms with E-state index in [1.54, 1.807) is 0 Å². The zero-order valence-corrected chi connectivity index (χ0v) is 9.44. The van der Waals surface area contributed by atoms with Crippen LogP contribution in [0.15, 0.2) is 24.3 Å². The molecule has 0 amide bonds. The molecule has 0 spiro atoms. The third kappa shape index (κ3) is 3.44. The van der Waals surface area contributed by atoms with Crippen LogP contribution in [-0.2, 0) is 9.59 Å². The number of carboxylic acids is 1. The van der Waals surface area contributed by atoms with E-state index in [2.05, 4.69) is 4.74 Å². The molecule has 3 N–H and O–H groups in total. The molecule has 0 aromatic heterocycles. The van der Waals surface area contributed by atoms with E-state index in [1.165, 1.54) is 31.4 Å². The average Bonchev–Trinajstić information content (AvgIpc) is 2.37. The van der Waals surface area contributed by atoms with Crippen molar-refractivity contribution in [3.05, 3.63) is 24.3 Å². The molecule has 0 saturated carbocycles. The molecule has 7 nitrogen and oxygen atoms in total. The van der Waals surface area contributed by atoms with Gasteiger partial charge in [0.1, 0.15) is 11.5 Å². The van der Waals surface area contributed by atoms with E-state index in [0.29, 0.717) is 5.75 Å². The normalized spacial score (nSPS) is 13.5. The van der Waals surface area contributed by atoms with E-state index in [-0.39, 0.29) is 5.75 Å². The smallest absolute Gasteiger partial charge is 0.343 e. The van der Waals surface area contributed by atoms with Gasteiger partial charge in [0, 0.05) is 0 Å². The standard InChI is InChI=1S/C11H12O7/c1-17-6-2-4-7(5-3-6)18-11(16)9(13)8(12)10(14)15/h2-5,8-9,12-13H,1H3,(H,14,15). The quantitative estimate of drug-likeness (QED) is 0.476. The summed E-state index contributed by atoms with van der Waals surface area (Å²) in [4.78, 5) is 21.6. The summed E-state index contributed by atoms with van der Waals surface area (Å²) in [5, 5.41) is 26.5. The molecule has 18 heavy (non-hydrogen) atoms. The van der Waals surface area contributed by atoms with Gasteiger partial charge in [-0.15, -0.1) is 0 Å². The molecule has 0 bridgehead atoms. The second-order valence-electron chi connectivity index (χ2n) is 3.32. The minimum absolute atomic E-state index is 0.0949. The Kier molecular flexibility index (Phi) is 4.64. The number of methoxy groups -OCH3 is 1. The van der Waals surface area contributed by atoms with Gasteiger partial charge in [-0.2, -0.15) is 0 Å². The van der Waals surface area contributed by atoms with Crippen molar-refractivity contribution in [2.75, 3.05) is 7.11 Å². The zero-order valence-electron chi connectivity index (χ0n) is 9.44. The summed E-state index contributed by atoms with van der Waals surface area (Å²) in [6, 6.07) is 5.83. The van der Waals surface area contributed by atoms with Gasteiger partial charge in [0.25, 0.3) is 0 Å². The van der Waals surface area contributed by atoms with E-state index < -0.39 is 24.1 Å². The Labute approximate surface area is 102 Å². The maximum atomic E-state index is 11.3. The Balaban J connectivity index is 2.66. The summed E-state index contributed by atoms with van der Waals surface area (Å²) in [5.41, 5.74) is 0. The molecule has 98 valence electrons. The van der Waals surface area contributed by atoms with E-state index >= 15 is 0 Å². The van der Waals surface area contributed by atoms with E-state index in [9.17, 15) is 14.7 Å². The molecule has 0 radical (unpaired) electrons.